The summed E-state index contributed by atoms with van der Waals surface area (Å²) in [4.78, 5) is 15.1. The van der Waals surface area contributed by atoms with Gasteiger partial charge in [-0.15, -0.1) is 11.3 Å². The molecule has 0 unspecified atom stereocenters. The van der Waals surface area contributed by atoms with Crippen LogP contribution in [0.2, 0.25) is 0 Å². The number of carbonyl (C=O) groups is 1. The molecular formula is C16H24O2S. The highest BCUT2D eigenvalue weighted by atomic mass is 32.1. The Kier molecular flexibility index (Phi) is 4.80. The van der Waals surface area contributed by atoms with Crippen LogP contribution < -0.4 is 0 Å². The first-order valence-electron chi connectivity index (χ1n) is 7.25. The molecule has 3 heteroatoms. The lowest BCUT2D eigenvalue weighted by Crippen LogP contribution is -2.44. The standard InChI is InChI=1S/C16H24O2S/c1-4-13-5-6-14(19-13)11-15(17)16(18-3)9-7-12(2)8-10-16/h5-6,12H,4,7-11H2,1-3H3. The highest BCUT2D eigenvalue weighted by Crippen LogP contribution is 2.36. The SMILES string of the molecule is CCc1ccc(CC(=O)C2(OC)CCC(C)CC2)s1. The van der Waals surface area contributed by atoms with Gasteiger partial charge in [0.2, 0.25) is 0 Å². The Morgan fingerprint density at radius 1 is 1.37 bits per heavy atom. The maximum atomic E-state index is 12.6. The smallest absolute Gasteiger partial charge is 0.169 e. The topological polar surface area (TPSA) is 26.3 Å². The lowest BCUT2D eigenvalue weighted by molar-refractivity contribution is -0.145. The molecule has 0 aliphatic heterocycles. The van der Waals surface area contributed by atoms with Crippen LogP contribution in [0.3, 0.4) is 0 Å². The van der Waals surface area contributed by atoms with Gasteiger partial charge in [-0.3, -0.25) is 4.79 Å². The molecule has 0 saturated heterocycles. The van der Waals surface area contributed by atoms with Crippen LogP contribution in [-0.4, -0.2) is 18.5 Å². The summed E-state index contributed by atoms with van der Waals surface area (Å²) >= 11 is 1.76. The van der Waals surface area contributed by atoms with Gasteiger partial charge in [0.1, 0.15) is 5.60 Å². The number of hydrogen-bond acceptors (Lipinski definition) is 3. The van der Waals surface area contributed by atoms with Crippen LogP contribution in [-0.2, 0) is 22.4 Å². The number of rotatable bonds is 5. The molecule has 106 valence electrons. The number of Topliss-reactive ketones (excluding diaryl/α,β-unsaturated/α-hetero) is 1. The normalized spacial score (nSPS) is 27.4. The molecular weight excluding hydrogens is 256 g/mol. The van der Waals surface area contributed by atoms with Crippen LogP contribution in [0.5, 0.6) is 0 Å². The van der Waals surface area contributed by atoms with Crippen molar-refractivity contribution in [3.05, 3.63) is 21.9 Å². The highest BCUT2D eigenvalue weighted by molar-refractivity contribution is 7.12. The Balaban J connectivity index is 2.04. The van der Waals surface area contributed by atoms with E-state index in [2.05, 4.69) is 26.0 Å². The van der Waals surface area contributed by atoms with Crippen LogP contribution >= 0.6 is 11.3 Å². The zero-order valence-corrected chi connectivity index (χ0v) is 13.0. The fourth-order valence-corrected chi connectivity index (χ4v) is 3.81. The first kappa shape index (κ1) is 14.7. The lowest BCUT2D eigenvalue weighted by Gasteiger charge is -2.36. The largest absolute Gasteiger partial charge is 0.370 e. The minimum absolute atomic E-state index is 0.270. The summed E-state index contributed by atoms with van der Waals surface area (Å²) in [6.07, 6.45) is 5.55. The summed E-state index contributed by atoms with van der Waals surface area (Å²) in [6.45, 7) is 4.41. The monoisotopic (exact) mass is 280 g/mol. The first-order chi connectivity index (χ1) is 9.09. The quantitative estimate of drug-likeness (QED) is 0.814. The van der Waals surface area contributed by atoms with E-state index in [4.69, 9.17) is 4.74 Å². The average Bonchev–Trinajstić information content (AvgIpc) is 2.87. The Bertz CT molecular complexity index is 428. The van der Waals surface area contributed by atoms with E-state index in [0.29, 0.717) is 6.42 Å². The van der Waals surface area contributed by atoms with Crippen LogP contribution in [0.4, 0.5) is 0 Å². The minimum atomic E-state index is -0.511. The van der Waals surface area contributed by atoms with Crippen molar-refractivity contribution in [1.29, 1.82) is 0 Å². The van der Waals surface area contributed by atoms with Crippen LogP contribution in [0.25, 0.3) is 0 Å². The number of thiophene rings is 1. The molecule has 0 N–H and O–H groups in total. The minimum Gasteiger partial charge on any atom is -0.370 e. The Hall–Kier alpha value is -0.670. The van der Waals surface area contributed by atoms with Gasteiger partial charge < -0.3 is 4.74 Å². The maximum absolute atomic E-state index is 12.6. The van der Waals surface area contributed by atoms with E-state index in [-0.39, 0.29) is 5.78 Å². The Morgan fingerprint density at radius 3 is 2.53 bits per heavy atom. The zero-order chi connectivity index (χ0) is 13.9. The van der Waals surface area contributed by atoms with Gasteiger partial charge in [0.15, 0.2) is 5.78 Å². The predicted molar refractivity (Wildman–Crippen MR) is 79.8 cm³/mol. The third-order valence-electron chi connectivity index (χ3n) is 4.38. The van der Waals surface area contributed by atoms with Crippen molar-refractivity contribution in [3.8, 4) is 0 Å². The highest BCUT2D eigenvalue weighted by Gasteiger charge is 2.40. The molecule has 1 fully saturated rings. The van der Waals surface area contributed by atoms with Crippen molar-refractivity contribution in [2.24, 2.45) is 5.92 Å². The Morgan fingerprint density at radius 2 is 2.00 bits per heavy atom. The second-order valence-corrected chi connectivity index (χ2v) is 6.96. The third kappa shape index (κ3) is 3.26. The molecule has 0 atom stereocenters. The van der Waals surface area contributed by atoms with E-state index in [9.17, 15) is 4.79 Å². The van der Waals surface area contributed by atoms with Gasteiger partial charge in [0.05, 0.1) is 0 Å². The molecule has 2 rings (SSSR count). The van der Waals surface area contributed by atoms with E-state index in [1.807, 2.05) is 0 Å². The van der Waals surface area contributed by atoms with Gasteiger partial charge in [0.25, 0.3) is 0 Å². The first-order valence-corrected chi connectivity index (χ1v) is 8.07. The average molecular weight is 280 g/mol. The van der Waals surface area contributed by atoms with Crippen LogP contribution in [0.15, 0.2) is 12.1 Å². The van der Waals surface area contributed by atoms with Crippen LogP contribution in [0, 0.1) is 5.92 Å². The predicted octanol–water partition coefficient (Wildman–Crippen LogP) is 4.02. The summed E-state index contributed by atoms with van der Waals surface area (Å²) < 4.78 is 5.65. The summed E-state index contributed by atoms with van der Waals surface area (Å²) in [5.41, 5.74) is -0.511. The summed E-state index contributed by atoms with van der Waals surface area (Å²) in [6, 6.07) is 4.23. The second-order valence-electron chi connectivity index (χ2n) is 5.70. The molecule has 0 aromatic carbocycles. The summed E-state index contributed by atoms with van der Waals surface area (Å²) in [5, 5.41) is 0. The van der Waals surface area contributed by atoms with Crippen molar-refractivity contribution in [2.45, 2.75) is 58.0 Å². The molecule has 1 aromatic heterocycles. The molecule has 1 saturated carbocycles. The summed E-state index contributed by atoms with van der Waals surface area (Å²) in [5.74, 6) is 0.996. The molecule has 0 spiro atoms. The molecule has 0 bridgehead atoms. The number of ketones is 1. The lowest BCUT2D eigenvalue weighted by atomic mass is 9.76. The van der Waals surface area contributed by atoms with Crippen molar-refractivity contribution in [2.75, 3.05) is 7.11 Å². The fraction of sp³-hybridized carbons (Fsp3) is 0.688. The molecule has 1 aromatic rings. The number of carbonyl (C=O) groups excluding carboxylic acids is 1. The van der Waals surface area contributed by atoms with Gasteiger partial charge in [-0.1, -0.05) is 13.8 Å². The number of aryl methyl sites for hydroxylation is 1. The van der Waals surface area contributed by atoms with Crippen molar-refractivity contribution in [1.82, 2.24) is 0 Å². The molecule has 1 aliphatic carbocycles. The fourth-order valence-electron chi connectivity index (χ4n) is 2.85. The van der Waals surface area contributed by atoms with Crippen molar-refractivity contribution in [3.63, 3.8) is 0 Å². The second kappa shape index (κ2) is 6.19. The molecule has 2 nitrogen and oxygen atoms in total. The van der Waals surface area contributed by atoms with Crippen molar-refractivity contribution < 1.29 is 9.53 Å². The number of ether oxygens (including phenoxy) is 1. The van der Waals surface area contributed by atoms with Crippen molar-refractivity contribution >= 4 is 17.1 Å². The van der Waals surface area contributed by atoms with Gasteiger partial charge >= 0.3 is 0 Å². The molecule has 19 heavy (non-hydrogen) atoms. The molecule has 1 aliphatic rings. The van der Waals surface area contributed by atoms with Crippen LogP contribution in [0.1, 0.15) is 49.3 Å². The van der Waals surface area contributed by atoms with E-state index >= 15 is 0 Å². The maximum Gasteiger partial charge on any atom is 0.169 e. The van der Waals surface area contributed by atoms with Gasteiger partial charge in [-0.05, 0) is 50.2 Å². The van der Waals surface area contributed by atoms with Gasteiger partial charge in [-0.25, -0.2) is 0 Å². The molecule has 0 amide bonds. The summed E-state index contributed by atoms with van der Waals surface area (Å²) in [7, 11) is 1.69. The third-order valence-corrected chi connectivity index (χ3v) is 5.61. The van der Waals surface area contributed by atoms with E-state index < -0.39 is 5.60 Å². The molecule has 0 radical (unpaired) electrons. The zero-order valence-electron chi connectivity index (χ0n) is 12.2. The number of hydrogen-bond donors (Lipinski definition) is 0. The molecule has 1 heterocycles. The number of methoxy groups -OCH3 is 1. The van der Waals surface area contributed by atoms with Gasteiger partial charge in [-0.2, -0.15) is 0 Å². The van der Waals surface area contributed by atoms with E-state index in [0.717, 1.165) is 38.0 Å². The Labute approximate surface area is 120 Å². The van der Waals surface area contributed by atoms with Gasteiger partial charge in [0, 0.05) is 23.3 Å². The van der Waals surface area contributed by atoms with E-state index in [1.165, 1.54) is 9.75 Å². The van der Waals surface area contributed by atoms with E-state index in [1.54, 1.807) is 18.4 Å².